The van der Waals surface area contributed by atoms with Crippen LogP contribution >= 0.6 is 0 Å². The van der Waals surface area contributed by atoms with Gasteiger partial charge < -0.3 is 10.1 Å². The van der Waals surface area contributed by atoms with Crippen molar-refractivity contribution >= 4 is 18.2 Å². The summed E-state index contributed by atoms with van der Waals surface area (Å²) >= 11 is 0. The molecule has 1 heterocycles. The fraction of sp³-hybridized carbons (Fsp3) is 0.769. The Morgan fingerprint density at radius 1 is 1.50 bits per heavy atom. The van der Waals surface area contributed by atoms with Crippen molar-refractivity contribution in [1.29, 1.82) is 0 Å². The summed E-state index contributed by atoms with van der Waals surface area (Å²) in [5.74, 6) is -0.525. The number of methoxy groups -OCH3 is 1. The van der Waals surface area contributed by atoms with E-state index in [0.717, 1.165) is 13.1 Å². The Bertz CT molecular complexity index is 390. The van der Waals surface area contributed by atoms with Crippen molar-refractivity contribution in [3.63, 3.8) is 0 Å². The third kappa shape index (κ3) is 4.01. The number of nitrogens with zero attached hydrogens (tertiary/aromatic N) is 3. The molecule has 0 radical (unpaired) electrons. The number of amides is 1. The van der Waals surface area contributed by atoms with Gasteiger partial charge in [-0.05, 0) is 5.92 Å². The van der Waals surface area contributed by atoms with Gasteiger partial charge >= 0.3 is 5.97 Å². The number of nitrogens with one attached hydrogen (secondary N) is 2. The lowest BCUT2D eigenvalue weighted by Crippen LogP contribution is -2.54. The van der Waals surface area contributed by atoms with Gasteiger partial charge in [0.25, 0.3) is 0 Å². The Morgan fingerprint density at radius 2 is 2.15 bits per heavy atom. The van der Waals surface area contributed by atoms with Gasteiger partial charge in [0.15, 0.2) is 0 Å². The van der Waals surface area contributed by atoms with E-state index in [1.54, 1.807) is 7.11 Å². The number of hydrogen-bond acceptors (Lipinski definition) is 6. The van der Waals surface area contributed by atoms with Gasteiger partial charge in [-0.2, -0.15) is 4.99 Å². The molecular formula is C13H25N5O2. The molecule has 0 aliphatic carbocycles. The van der Waals surface area contributed by atoms with E-state index in [-0.39, 0.29) is 5.91 Å². The van der Waals surface area contributed by atoms with E-state index in [1.165, 1.54) is 6.34 Å². The minimum absolute atomic E-state index is 0.0777. The van der Waals surface area contributed by atoms with Crippen LogP contribution in [-0.2, 0) is 9.53 Å². The average Bonchev–Trinajstić information content (AvgIpc) is 2.39. The fourth-order valence-electron chi connectivity index (χ4n) is 2.02. The van der Waals surface area contributed by atoms with Crippen molar-refractivity contribution in [2.24, 2.45) is 15.9 Å². The maximum atomic E-state index is 11.8. The summed E-state index contributed by atoms with van der Waals surface area (Å²) < 4.78 is 5.46. The number of carbonyl (C=O) groups excluding carboxylic acids is 1. The van der Waals surface area contributed by atoms with E-state index < -0.39 is 5.97 Å². The maximum absolute atomic E-state index is 11.8. The molecule has 0 aromatic carbocycles. The van der Waals surface area contributed by atoms with Crippen LogP contribution in [0, 0.1) is 5.92 Å². The minimum Gasteiger partial charge on any atom is -0.326 e. The molecule has 0 bridgehead atoms. The predicted molar refractivity (Wildman–Crippen MR) is 79.3 cm³/mol. The van der Waals surface area contributed by atoms with Crippen LogP contribution in [0.2, 0.25) is 0 Å². The molecule has 7 nitrogen and oxygen atoms in total. The predicted octanol–water partition coefficient (Wildman–Crippen LogP) is 0.736. The highest BCUT2D eigenvalue weighted by atomic mass is 16.5. The van der Waals surface area contributed by atoms with Crippen LogP contribution in [0.1, 0.15) is 34.1 Å². The number of carbonyl (C=O) groups is 1. The summed E-state index contributed by atoms with van der Waals surface area (Å²) in [5, 5.41) is 5.58. The summed E-state index contributed by atoms with van der Waals surface area (Å²) in [5.41, 5.74) is 0. The number of hydrogen-bond donors (Lipinski definition) is 2. The van der Waals surface area contributed by atoms with E-state index in [2.05, 4.69) is 20.6 Å². The molecule has 7 heteroatoms. The molecule has 114 valence electrons. The topological polar surface area (TPSA) is 78.3 Å². The quantitative estimate of drug-likeness (QED) is 0.705. The zero-order valence-electron chi connectivity index (χ0n) is 12.9. The molecule has 0 aromatic heterocycles. The first-order chi connectivity index (χ1) is 9.47. The summed E-state index contributed by atoms with van der Waals surface area (Å²) in [6.45, 7) is 9.47. The largest absolute Gasteiger partial charge is 0.327 e. The van der Waals surface area contributed by atoms with E-state index in [4.69, 9.17) is 4.74 Å². The average molecular weight is 283 g/mol. The SMILES string of the molecule is CCN(CC)C1(OC)N=CNC(NC(=O)CC(C)C)=N1. The van der Waals surface area contributed by atoms with E-state index in [1.807, 2.05) is 32.6 Å². The molecule has 2 N–H and O–H groups in total. The minimum atomic E-state index is -1.10. The molecule has 0 aromatic rings. The fourth-order valence-corrected chi connectivity index (χ4v) is 2.02. The zero-order valence-corrected chi connectivity index (χ0v) is 12.9. The molecule has 0 spiro atoms. The first-order valence-corrected chi connectivity index (χ1v) is 6.97. The first kappa shape index (κ1) is 16.6. The van der Waals surface area contributed by atoms with Gasteiger partial charge in [-0.25, -0.2) is 9.89 Å². The molecule has 1 amide bonds. The normalized spacial score (nSPS) is 21.9. The van der Waals surface area contributed by atoms with Crippen molar-refractivity contribution in [1.82, 2.24) is 15.5 Å². The molecule has 1 atom stereocenters. The van der Waals surface area contributed by atoms with Crippen LogP contribution in [-0.4, -0.2) is 49.3 Å². The van der Waals surface area contributed by atoms with Crippen LogP contribution in [0.15, 0.2) is 9.98 Å². The van der Waals surface area contributed by atoms with Gasteiger partial charge in [-0.1, -0.05) is 27.7 Å². The summed E-state index contributed by atoms with van der Waals surface area (Å²) in [4.78, 5) is 22.4. The second-order valence-corrected chi connectivity index (χ2v) is 4.96. The van der Waals surface area contributed by atoms with Crippen molar-refractivity contribution in [2.45, 2.75) is 40.1 Å². The molecular weight excluding hydrogens is 258 g/mol. The molecule has 0 saturated carbocycles. The van der Waals surface area contributed by atoms with E-state index in [0.29, 0.717) is 18.3 Å². The molecule has 1 unspecified atom stereocenters. The number of rotatable bonds is 6. The van der Waals surface area contributed by atoms with Crippen molar-refractivity contribution in [2.75, 3.05) is 20.2 Å². The lowest BCUT2D eigenvalue weighted by molar-refractivity contribution is -0.122. The second-order valence-electron chi connectivity index (χ2n) is 4.96. The molecule has 0 saturated heterocycles. The third-order valence-electron chi connectivity index (χ3n) is 2.99. The Kier molecular flexibility index (Phi) is 6.09. The number of aliphatic imine (C=N–C) groups is 2. The van der Waals surface area contributed by atoms with Crippen LogP contribution in [0.5, 0.6) is 0 Å². The molecule has 1 aliphatic heterocycles. The number of ether oxygens (including phenoxy) is 1. The Hall–Kier alpha value is -1.47. The van der Waals surface area contributed by atoms with Crippen LogP contribution in [0.3, 0.4) is 0 Å². The molecule has 1 aliphatic rings. The van der Waals surface area contributed by atoms with Crippen molar-refractivity contribution < 1.29 is 9.53 Å². The highest BCUT2D eigenvalue weighted by Crippen LogP contribution is 2.21. The van der Waals surface area contributed by atoms with Crippen LogP contribution < -0.4 is 10.6 Å². The first-order valence-electron chi connectivity index (χ1n) is 6.97. The lowest BCUT2D eigenvalue weighted by Gasteiger charge is -2.36. The van der Waals surface area contributed by atoms with Gasteiger partial charge in [-0.15, -0.1) is 0 Å². The van der Waals surface area contributed by atoms with Gasteiger partial charge in [0.2, 0.25) is 11.9 Å². The summed E-state index contributed by atoms with van der Waals surface area (Å²) in [6.07, 6.45) is 1.95. The molecule has 20 heavy (non-hydrogen) atoms. The van der Waals surface area contributed by atoms with E-state index in [9.17, 15) is 4.79 Å². The maximum Gasteiger partial charge on any atom is 0.327 e. The highest BCUT2D eigenvalue weighted by molar-refractivity contribution is 6.02. The van der Waals surface area contributed by atoms with Crippen LogP contribution in [0.4, 0.5) is 0 Å². The van der Waals surface area contributed by atoms with Crippen molar-refractivity contribution in [3.05, 3.63) is 0 Å². The molecule has 0 fully saturated rings. The highest BCUT2D eigenvalue weighted by Gasteiger charge is 2.37. The summed E-state index contributed by atoms with van der Waals surface area (Å²) in [7, 11) is 1.55. The monoisotopic (exact) mass is 283 g/mol. The van der Waals surface area contributed by atoms with Gasteiger partial charge in [0.1, 0.15) is 0 Å². The van der Waals surface area contributed by atoms with Gasteiger partial charge in [0, 0.05) is 26.6 Å². The Labute approximate surface area is 120 Å². The smallest absolute Gasteiger partial charge is 0.326 e. The standard InChI is InChI=1S/C13H25N5O2/c1-6-18(7-2)13(20-5)15-9-14-12(17-13)16-11(19)8-10(3)4/h9-10H,6-8H2,1-5H3,(H2,14,15,16,17,19). The zero-order chi connectivity index (χ0) is 15.2. The Morgan fingerprint density at radius 3 is 2.65 bits per heavy atom. The van der Waals surface area contributed by atoms with Gasteiger partial charge in [-0.3, -0.25) is 10.1 Å². The second kappa shape index (κ2) is 7.35. The number of guanidine groups is 1. The summed E-state index contributed by atoms with van der Waals surface area (Å²) in [6, 6.07) is 0. The van der Waals surface area contributed by atoms with Crippen molar-refractivity contribution in [3.8, 4) is 0 Å². The lowest BCUT2D eigenvalue weighted by atomic mass is 10.1. The molecule has 1 rings (SSSR count). The Balaban J connectivity index is 2.86. The van der Waals surface area contributed by atoms with Gasteiger partial charge in [0.05, 0.1) is 6.34 Å². The van der Waals surface area contributed by atoms with Crippen LogP contribution in [0.25, 0.3) is 0 Å². The van der Waals surface area contributed by atoms with E-state index >= 15 is 0 Å². The third-order valence-corrected chi connectivity index (χ3v) is 2.99.